The molecule has 0 bridgehead atoms. The number of carbonyl (C=O) groups is 1. The predicted molar refractivity (Wildman–Crippen MR) is 81.3 cm³/mol. The van der Waals surface area contributed by atoms with Crippen LogP contribution in [0.4, 0.5) is 0 Å². The van der Waals surface area contributed by atoms with E-state index in [1.807, 2.05) is 26.0 Å². The molecule has 0 aliphatic heterocycles. The van der Waals surface area contributed by atoms with Crippen molar-refractivity contribution in [3.05, 3.63) is 63.8 Å². The maximum atomic E-state index is 12.3. The Morgan fingerprint density at radius 1 is 1.38 bits per heavy atom. The molecule has 0 aliphatic rings. The van der Waals surface area contributed by atoms with Gasteiger partial charge in [-0.05, 0) is 37.6 Å². The van der Waals surface area contributed by atoms with Gasteiger partial charge in [0, 0.05) is 37.5 Å². The predicted octanol–water partition coefficient (Wildman–Crippen LogP) is 1.78. The zero-order chi connectivity index (χ0) is 15.4. The van der Waals surface area contributed by atoms with Crippen LogP contribution in [0, 0.1) is 6.92 Å². The minimum absolute atomic E-state index is 0.0180. The zero-order valence-corrected chi connectivity index (χ0v) is 12.5. The second kappa shape index (κ2) is 6.35. The van der Waals surface area contributed by atoms with E-state index < -0.39 is 0 Å². The van der Waals surface area contributed by atoms with Gasteiger partial charge in [0.15, 0.2) is 0 Å². The topological polar surface area (TPSA) is 66.1 Å². The van der Waals surface area contributed by atoms with E-state index in [4.69, 9.17) is 0 Å². The van der Waals surface area contributed by atoms with Gasteiger partial charge >= 0.3 is 0 Å². The van der Waals surface area contributed by atoms with Crippen molar-refractivity contribution in [2.45, 2.75) is 26.3 Å². The number of nitrogens with zero attached hydrogens (tertiary/aromatic N) is 2. The molecule has 1 amide bonds. The Hall–Kier alpha value is -2.43. The van der Waals surface area contributed by atoms with E-state index in [1.54, 1.807) is 30.3 Å². The minimum Gasteiger partial charge on any atom is -0.337 e. The fourth-order valence-corrected chi connectivity index (χ4v) is 2.11. The largest absolute Gasteiger partial charge is 0.337 e. The Labute approximate surface area is 123 Å². The van der Waals surface area contributed by atoms with Gasteiger partial charge in [-0.15, -0.1) is 0 Å². The number of aromatic amines is 1. The van der Waals surface area contributed by atoms with Crippen molar-refractivity contribution in [2.24, 2.45) is 0 Å². The number of H-pyrrole nitrogens is 1. The summed E-state index contributed by atoms with van der Waals surface area (Å²) < 4.78 is 0. The molecule has 2 aromatic heterocycles. The molecule has 2 rings (SSSR count). The van der Waals surface area contributed by atoms with Gasteiger partial charge in [0.2, 0.25) is 5.56 Å². The smallest absolute Gasteiger partial charge is 0.270 e. The minimum atomic E-state index is -0.276. The summed E-state index contributed by atoms with van der Waals surface area (Å²) in [7, 11) is 1.73. The third-order valence-corrected chi connectivity index (χ3v) is 3.46. The molecule has 21 heavy (non-hydrogen) atoms. The average Bonchev–Trinajstić information content (AvgIpc) is 2.45. The van der Waals surface area contributed by atoms with Crippen molar-refractivity contribution < 1.29 is 4.79 Å². The molecule has 5 heteroatoms. The van der Waals surface area contributed by atoms with Gasteiger partial charge in [-0.2, -0.15) is 0 Å². The molecule has 0 aromatic carbocycles. The summed E-state index contributed by atoms with van der Waals surface area (Å²) in [5.74, 6) is -0.201. The molecule has 1 atom stereocenters. The summed E-state index contributed by atoms with van der Waals surface area (Å²) in [5.41, 5.74) is 2.12. The third-order valence-electron chi connectivity index (χ3n) is 3.46. The molecule has 2 aromatic rings. The Morgan fingerprint density at radius 2 is 2.14 bits per heavy atom. The molecule has 2 heterocycles. The van der Waals surface area contributed by atoms with Crippen molar-refractivity contribution in [1.29, 1.82) is 0 Å². The highest BCUT2D eigenvalue weighted by molar-refractivity contribution is 5.92. The molecule has 5 nitrogen and oxygen atoms in total. The van der Waals surface area contributed by atoms with E-state index in [1.165, 1.54) is 6.07 Å². The lowest BCUT2D eigenvalue weighted by molar-refractivity contribution is 0.0736. The molecular weight excluding hydrogens is 266 g/mol. The van der Waals surface area contributed by atoms with Gasteiger partial charge in [-0.3, -0.25) is 14.6 Å². The molecule has 0 fully saturated rings. The van der Waals surface area contributed by atoms with Crippen LogP contribution in [0.15, 0.2) is 41.3 Å². The molecule has 0 spiro atoms. The van der Waals surface area contributed by atoms with Crippen molar-refractivity contribution in [2.75, 3.05) is 7.05 Å². The SMILES string of the molecule is Cc1ccnc(CC(C)N(C)C(=O)c2cccc(=O)[nH]2)c1. The third kappa shape index (κ3) is 3.78. The number of amides is 1. The molecule has 1 unspecified atom stereocenters. The van der Waals surface area contributed by atoms with Crippen molar-refractivity contribution in [3.63, 3.8) is 0 Å². The van der Waals surface area contributed by atoms with Gasteiger partial charge in [0.1, 0.15) is 5.69 Å². The van der Waals surface area contributed by atoms with Crippen LogP contribution >= 0.6 is 0 Å². The highest BCUT2D eigenvalue weighted by Crippen LogP contribution is 2.09. The first kappa shape index (κ1) is 15.0. The van der Waals surface area contributed by atoms with Gasteiger partial charge in [-0.25, -0.2) is 0 Å². The first-order chi connectivity index (χ1) is 9.97. The number of hydrogen-bond donors (Lipinski definition) is 1. The fourth-order valence-electron chi connectivity index (χ4n) is 2.11. The maximum Gasteiger partial charge on any atom is 0.270 e. The van der Waals surface area contributed by atoms with Crippen LogP contribution < -0.4 is 5.56 Å². The molecular formula is C16H19N3O2. The molecule has 110 valence electrons. The van der Waals surface area contributed by atoms with Crippen LogP contribution in [0.2, 0.25) is 0 Å². The lowest BCUT2D eigenvalue weighted by atomic mass is 10.1. The fraction of sp³-hybridized carbons (Fsp3) is 0.312. The molecule has 0 radical (unpaired) electrons. The number of likely N-dealkylation sites (N-methyl/N-ethyl adjacent to an activating group) is 1. The summed E-state index contributed by atoms with van der Waals surface area (Å²) >= 11 is 0. The van der Waals surface area contributed by atoms with E-state index >= 15 is 0 Å². The Morgan fingerprint density at radius 3 is 2.81 bits per heavy atom. The zero-order valence-electron chi connectivity index (χ0n) is 12.5. The summed E-state index contributed by atoms with van der Waals surface area (Å²) in [4.78, 5) is 32.1. The first-order valence-corrected chi connectivity index (χ1v) is 6.85. The van der Waals surface area contributed by atoms with Crippen LogP contribution in [0.1, 0.15) is 28.7 Å². The van der Waals surface area contributed by atoms with Crippen LogP contribution in [-0.4, -0.2) is 33.9 Å². The van der Waals surface area contributed by atoms with E-state index in [9.17, 15) is 9.59 Å². The van der Waals surface area contributed by atoms with Crippen LogP contribution in [0.5, 0.6) is 0 Å². The Kier molecular flexibility index (Phi) is 4.52. The first-order valence-electron chi connectivity index (χ1n) is 6.85. The van der Waals surface area contributed by atoms with E-state index in [2.05, 4.69) is 9.97 Å². The van der Waals surface area contributed by atoms with Gasteiger partial charge in [-0.1, -0.05) is 6.07 Å². The van der Waals surface area contributed by atoms with Gasteiger partial charge < -0.3 is 9.88 Å². The van der Waals surface area contributed by atoms with Gasteiger partial charge in [0.05, 0.1) is 0 Å². The van der Waals surface area contributed by atoms with Crippen molar-refractivity contribution in [3.8, 4) is 0 Å². The van der Waals surface area contributed by atoms with Crippen LogP contribution in [-0.2, 0) is 6.42 Å². The summed E-state index contributed by atoms with van der Waals surface area (Å²) in [5, 5.41) is 0. The number of nitrogens with one attached hydrogen (secondary N) is 1. The number of rotatable bonds is 4. The molecule has 0 saturated heterocycles. The second-order valence-corrected chi connectivity index (χ2v) is 5.22. The number of pyridine rings is 2. The standard InChI is InChI=1S/C16H19N3O2/c1-11-7-8-17-13(9-11)10-12(2)19(3)16(21)14-5-4-6-15(20)18-14/h4-9,12H,10H2,1-3H3,(H,18,20). The normalized spacial score (nSPS) is 12.0. The van der Waals surface area contributed by atoms with E-state index in [0.717, 1.165) is 11.3 Å². The van der Waals surface area contributed by atoms with Crippen molar-refractivity contribution in [1.82, 2.24) is 14.9 Å². The average molecular weight is 285 g/mol. The maximum absolute atomic E-state index is 12.3. The summed E-state index contributed by atoms with van der Waals surface area (Å²) in [6.45, 7) is 3.97. The van der Waals surface area contributed by atoms with Crippen LogP contribution in [0.3, 0.4) is 0 Å². The van der Waals surface area contributed by atoms with Gasteiger partial charge in [0.25, 0.3) is 5.91 Å². The summed E-state index contributed by atoms with van der Waals surface area (Å²) in [6, 6.07) is 8.51. The molecule has 1 N–H and O–H groups in total. The van der Waals surface area contributed by atoms with Crippen LogP contribution in [0.25, 0.3) is 0 Å². The lowest BCUT2D eigenvalue weighted by Gasteiger charge is -2.24. The Balaban J connectivity index is 2.10. The summed E-state index contributed by atoms with van der Waals surface area (Å²) in [6.07, 6.45) is 2.44. The van der Waals surface area contributed by atoms with Crippen molar-refractivity contribution >= 4 is 5.91 Å². The highest BCUT2D eigenvalue weighted by atomic mass is 16.2. The molecule has 0 saturated carbocycles. The van der Waals surface area contributed by atoms with E-state index in [-0.39, 0.29) is 17.5 Å². The molecule has 0 aliphatic carbocycles. The monoisotopic (exact) mass is 285 g/mol. The lowest BCUT2D eigenvalue weighted by Crippen LogP contribution is -2.37. The number of hydrogen-bond acceptors (Lipinski definition) is 3. The second-order valence-electron chi connectivity index (χ2n) is 5.22. The van der Waals surface area contributed by atoms with E-state index in [0.29, 0.717) is 12.1 Å². The quantitative estimate of drug-likeness (QED) is 0.931. The number of aromatic nitrogens is 2. The highest BCUT2D eigenvalue weighted by Gasteiger charge is 2.18. The Bertz CT molecular complexity index is 694. The number of aryl methyl sites for hydroxylation is 1. The number of carbonyl (C=O) groups excluding carboxylic acids is 1.